The molecule has 0 unspecified atom stereocenters. The maximum atomic E-state index is 5.92. The summed E-state index contributed by atoms with van der Waals surface area (Å²) in [5.41, 5.74) is 3.79. The maximum absolute atomic E-state index is 5.92. The Morgan fingerprint density at radius 3 is 2.88 bits per heavy atom. The molecule has 3 heteroatoms. The predicted octanol–water partition coefficient (Wildman–Crippen LogP) is 2.40. The quantitative estimate of drug-likeness (QED) is 0.571. The molecule has 0 spiro atoms. The number of hydrogen-bond donors (Lipinski definition) is 0. The second kappa shape index (κ2) is 3.67. The fourth-order valence-electron chi connectivity index (χ4n) is 2.07. The third kappa shape index (κ3) is 1.56. The summed E-state index contributed by atoms with van der Waals surface area (Å²) in [5.74, 6) is 1.93. The zero-order valence-corrected chi connectivity index (χ0v) is 10.5. The molecule has 16 heavy (non-hydrogen) atoms. The lowest BCUT2D eigenvalue weighted by Crippen LogP contribution is -2.09. The van der Waals surface area contributed by atoms with Crippen LogP contribution in [-0.2, 0) is 6.42 Å². The summed E-state index contributed by atoms with van der Waals surface area (Å²) in [6, 6.07) is 12.5. The summed E-state index contributed by atoms with van der Waals surface area (Å²) in [4.78, 5) is 0. The molecule has 0 aliphatic carbocycles. The van der Waals surface area contributed by atoms with Crippen LogP contribution in [0.4, 0.5) is 0 Å². The molecule has 1 heterocycles. The summed E-state index contributed by atoms with van der Waals surface area (Å²) in [6.07, 6.45) is 0.950. The largest absolute Gasteiger partial charge is 0.456 e. The molecule has 3 rings (SSSR count). The van der Waals surface area contributed by atoms with Crippen molar-refractivity contribution in [2.45, 2.75) is 6.42 Å². The Morgan fingerprint density at radius 1 is 1.12 bits per heavy atom. The number of halogens is 1. The molecule has 0 N–H and O–H groups in total. The molecule has 78 valence electrons. The van der Waals surface area contributed by atoms with Gasteiger partial charge in [0, 0.05) is 12.0 Å². The molecule has 0 saturated heterocycles. The molecule has 0 bridgehead atoms. The van der Waals surface area contributed by atoms with Gasteiger partial charge in [-0.25, -0.2) is 0 Å². The van der Waals surface area contributed by atoms with E-state index in [1.165, 1.54) is 16.6 Å². The van der Waals surface area contributed by atoms with Gasteiger partial charge in [0.2, 0.25) is 0 Å². The summed E-state index contributed by atoms with van der Waals surface area (Å²) in [6.45, 7) is 0. The van der Waals surface area contributed by atoms with E-state index >= 15 is 0 Å². The van der Waals surface area contributed by atoms with Crippen molar-refractivity contribution in [3.63, 3.8) is 0 Å². The predicted molar refractivity (Wildman–Crippen MR) is 71.6 cm³/mol. The second-order valence-electron chi connectivity index (χ2n) is 4.12. The molecular weight excluding hydrogens is 263 g/mol. The van der Waals surface area contributed by atoms with Crippen molar-refractivity contribution in [3.8, 4) is 11.5 Å². The highest BCUT2D eigenvalue weighted by Gasteiger charge is 2.18. The van der Waals surface area contributed by atoms with Gasteiger partial charge in [0.15, 0.2) is 0 Å². The van der Waals surface area contributed by atoms with Gasteiger partial charge in [0.25, 0.3) is 0 Å². The summed E-state index contributed by atoms with van der Waals surface area (Å²) >= 11 is 3.52. The van der Waals surface area contributed by atoms with Crippen molar-refractivity contribution in [2.75, 3.05) is 0 Å². The van der Waals surface area contributed by atoms with Gasteiger partial charge in [0.1, 0.15) is 19.3 Å². The lowest BCUT2D eigenvalue weighted by atomic mass is 9.91. The molecule has 0 amide bonds. The van der Waals surface area contributed by atoms with Crippen LogP contribution in [0.15, 0.2) is 40.9 Å². The third-order valence-corrected chi connectivity index (χ3v) is 3.48. The van der Waals surface area contributed by atoms with E-state index in [1.54, 1.807) is 0 Å². The molecule has 0 fully saturated rings. The highest BCUT2D eigenvalue weighted by molar-refractivity contribution is 9.10. The van der Waals surface area contributed by atoms with Crippen molar-refractivity contribution >= 4 is 29.2 Å². The minimum absolute atomic E-state index is 0.950. The van der Waals surface area contributed by atoms with Gasteiger partial charge in [-0.2, -0.15) is 0 Å². The van der Waals surface area contributed by atoms with E-state index in [0.29, 0.717) is 0 Å². The van der Waals surface area contributed by atoms with Gasteiger partial charge < -0.3 is 4.74 Å². The molecule has 0 saturated carbocycles. The Labute approximate surface area is 104 Å². The minimum atomic E-state index is 0.950. The fourth-order valence-corrected chi connectivity index (χ4v) is 2.56. The number of ether oxygens (including phenoxy) is 1. The first-order valence-corrected chi connectivity index (χ1v) is 6.08. The van der Waals surface area contributed by atoms with E-state index < -0.39 is 0 Å². The molecular formula is C13H10BBrO. The van der Waals surface area contributed by atoms with Crippen molar-refractivity contribution in [1.82, 2.24) is 0 Å². The first kappa shape index (κ1) is 9.97. The van der Waals surface area contributed by atoms with E-state index in [2.05, 4.69) is 42.0 Å². The minimum Gasteiger partial charge on any atom is -0.456 e. The Hall–Kier alpha value is -1.22. The normalized spacial score (nSPS) is 12.6. The van der Waals surface area contributed by atoms with Gasteiger partial charge in [0.05, 0.1) is 4.47 Å². The number of para-hydroxylation sites is 1. The molecule has 1 aliphatic heterocycles. The van der Waals surface area contributed by atoms with Crippen LogP contribution in [0.1, 0.15) is 11.1 Å². The van der Waals surface area contributed by atoms with Crippen LogP contribution in [0.5, 0.6) is 11.5 Å². The highest BCUT2D eigenvalue weighted by Crippen LogP contribution is 2.40. The average Bonchev–Trinajstić information content (AvgIpc) is 2.27. The lowest BCUT2D eigenvalue weighted by Gasteiger charge is -2.21. The van der Waals surface area contributed by atoms with Crippen molar-refractivity contribution in [2.24, 2.45) is 0 Å². The van der Waals surface area contributed by atoms with E-state index in [1.807, 2.05) is 18.2 Å². The smallest absolute Gasteiger partial charge is 0.145 e. The van der Waals surface area contributed by atoms with E-state index in [0.717, 1.165) is 22.4 Å². The van der Waals surface area contributed by atoms with E-state index in [-0.39, 0.29) is 0 Å². The number of rotatable bonds is 0. The monoisotopic (exact) mass is 272 g/mol. The van der Waals surface area contributed by atoms with Gasteiger partial charge in [-0.1, -0.05) is 29.7 Å². The molecule has 0 atom stereocenters. The third-order valence-electron chi connectivity index (χ3n) is 2.86. The van der Waals surface area contributed by atoms with E-state index in [9.17, 15) is 0 Å². The maximum Gasteiger partial charge on any atom is 0.145 e. The molecule has 0 radical (unpaired) electrons. The molecule has 0 aromatic heterocycles. The molecule has 1 nitrogen and oxygen atoms in total. The van der Waals surface area contributed by atoms with Crippen LogP contribution in [0.25, 0.3) is 0 Å². The molecule has 1 aliphatic rings. The van der Waals surface area contributed by atoms with Crippen LogP contribution in [0, 0.1) is 0 Å². The summed E-state index contributed by atoms with van der Waals surface area (Å²) in [7, 11) is 2.11. The van der Waals surface area contributed by atoms with Crippen molar-refractivity contribution < 1.29 is 4.74 Å². The molecule has 2 aromatic rings. The van der Waals surface area contributed by atoms with Gasteiger partial charge >= 0.3 is 0 Å². The lowest BCUT2D eigenvalue weighted by molar-refractivity contribution is 0.457. The Balaban J connectivity index is 2.13. The topological polar surface area (TPSA) is 9.23 Å². The van der Waals surface area contributed by atoms with Crippen LogP contribution in [0.2, 0.25) is 0 Å². The fraction of sp³-hybridized carbons (Fsp3) is 0.0769. The SMILES string of the molecule is Bc1ccc2c(c1)Cc1cccc(Br)c1O2. The first-order valence-electron chi connectivity index (χ1n) is 5.29. The Morgan fingerprint density at radius 2 is 2.00 bits per heavy atom. The highest BCUT2D eigenvalue weighted by atomic mass is 79.9. The first-order chi connectivity index (χ1) is 7.74. The second-order valence-corrected chi connectivity index (χ2v) is 4.97. The Bertz CT molecular complexity index is 566. The summed E-state index contributed by atoms with van der Waals surface area (Å²) in [5, 5.41) is 0. The van der Waals surface area contributed by atoms with Crippen molar-refractivity contribution in [1.29, 1.82) is 0 Å². The average molecular weight is 273 g/mol. The number of fused-ring (bicyclic) bond motifs is 2. The van der Waals surface area contributed by atoms with Gasteiger partial charge in [-0.3, -0.25) is 0 Å². The zero-order chi connectivity index (χ0) is 11.1. The van der Waals surface area contributed by atoms with Crippen LogP contribution >= 0.6 is 15.9 Å². The summed E-state index contributed by atoms with van der Waals surface area (Å²) < 4.78 is 6.94. The van der Waals surface area contributed by atoms with Gasteiger partial charge in [-0.05, 0) is 33.6 Å². The van der Waals surface area contributed by atoms with Crippen molar-refractivity contribution in [3.05, 3.63) is 52.0 Å². The number of benzene rings is 2. The van der Waals surface area contributed by atoms with Crippen LogP contribution in [-0.4, -0.2) is 7.85 Å². The standard InChI is InChI=1S/C13H10BBrO/c14-10-4-5-12-9(7-10)6-8-2-1-3-11(15)13(8)16-12/h1-5,7H,6,14H2. The number of hydrogen-bond acceptors (Lipinski definition) is 1. The van der Waals surface area contributed by atoms with Crippen LogP contribution in [0.3, 0.4) is 0 Å². The van der Waals surface area contributed by atoms with Gasteiger partial charge in [-0.15, -0.1) is 0 Å². The van der Waals surface area contributed by atoms with E-state index in [4.69, 9.17) is 4.74 Å². The van der Waals surface area contributed by atoms with Crippen LogP contribution < -0.4 is 10.2 Å². The zero-order valence-electron chi connectivity index (χ0n) is 8.96. The molecule has 2 aromatic carbocycles. The Kier molecular flexibility index (Phi) is 2.29.